The fourth-order valence-corrected chi connectivity index (χ4v) is 1.44. The molecule has 0 aromatic carbocycles. The van der Waals surface area contributed by atoms with Crippen molar-refractivity contribution in [2.24, 2.45) is 5.92 Å². The summed E-state index contributed by atoms with van der Waals surface area (Å²) in [5.74, 6) is 0.888. The van der Waals surface area contributed by atoms with E-state index >= 15 is 0 Å². The van der Waals surface area contributed by atoms with Crippen molar-refractivity contribution in [2.75, 3.05) is 13.1 Å². The van der Waals surface area contributed by atoms with Crippen LogP contribution in [0, 0.1) is 5.92 Å². The van der Waals surface area contributed by atoms with Crippen molar-refractivity contribution in [2.45, 2.75) is 19.4 Å². The second-order valence-electron chi connectivity index (χ2n) is 4.07. The molecule has 1 heterocycles. The van der Waals surface area contributed by atoms with Gasteiger partial charge in [-0.1, -0.05) is 0 Å². The highest BCUT2D eigenvalue weighted by molar-refractivity contribution is 5.77. The minimum Gasteiger partial charge on any atom is -0.367 e. The zero-order valence-electron chi connectivity index (χ0n) is 8.75. The van der Waals surface area contributed by atoms with Gasteiger partial charge in [0.15, 0.2) is 0 Å². The molecular formula is C11H17N3O. The molecule has 82 valence electrons. The minimum atomic E-state index is 0.0665. The average molecular weight is 207 g/mol. The van der Waals surface area contributed by atoms with E-state index in [-0.39, 0.29) is 5.91 Å². The Morgan fingerprint density at radius 2 is 2.40 bits per heavy atom. The number of carbonyl (C=O) groups is 1. The Hall–Kier alpha value is -1.29. The number of H-pyrrole nitrogens is 1. The van der Waals surface area contributed by atoms with Crippen molar-refractivity contribution in [3.63, 3.8) is 0 Å². The second-order valence-corrected chi connectivity index (χ2v) is 4.07. The minimum absolute atomic E-state index is 0.0665. The van der Waals surface area contributed by atoms with Crippen molar-refractivity contribution in [3.05, 3.63) is 24.0 Å². The van der Waals surface area contributed by atoms with Crippen LogP contribution in [0.5, 0.6) is 0 Å². The van der Waals surface area contributed by atoms with E-state index in [4.69, 9.17) is 0 Å². The third kappa shape index (κ3) is 3.75. The first kappa shape index (κ1) is 10.2. The zero-order chi connectivity index (χ0) is 10.5. The molecule has 0 saturated heterocycles. The SMILES string of the molecule is O=C(CNCC1CC1)NCc1cc[nH]c1. The highest BCUT2D eigenvalue weighted by Gasteiger charge is 2.20. The standard InChI is InChI=1S/C11H17N3O/c15-11(8-13-5-9-1-2-9)14-7-10-3-4-12-6-10/h3-4,6,9,12-13H,1-2,5,7-8H2,(H,14,15). The summed E-state index contributed by atoms with van der Waals surface area (Å²) < 4.78 is 0. The van der Waals surface area contributed by atoms with Gasteiger partial charge >= 0.3 is 0 Å². The Morgan fingerprint density at radius 3 is 3.07 bits per heavy atom. The van der Waals surface area contributed by atoms with Gasteiger partial charge in [-0.05, 0) is 36.9 Å². The van der Waals surface area contributed by atoms with Gasteiger partial charge in [0, 0.05) is 18.9 Å². The van der Waals surface area contributed by atoms with Crippen molar-refractivity contribution in [1.82, 2.24) is 15.6 Å². The Bertz CT molecular complexity index is 304. The van der Waals surface area contributed by atoms with Gasteiger partial charge in [-0.3, -0.25) is 4.79 Å². The van der Waals surface area contributed by atoms with E-state index in [1.807, 2.05) is 18.5 Å². The molecule has 0 atom stereocenters. The number of aromatic amines is 1. The molecule has 1 aromatic heterocycles. The molecule has 1 aliphatic rings. The summed E-state index contributed by atoms with van der Waals surface area (Å²) in [6.07, 6.45) is 6.38. The van der Waals surface area contributed by atoms with Gasteiger partial charge in [-0.15, -0.1) is 0 Å². The summed E-state index contributed by atoms with van der Waals surface area (Å²) in [6, 6.07) is 1.96. The van der Waals surface area contributed by atoms with Crippen molar-refractivity contribution in [3.8, 4) is 0 Å². The first-order chi connectivity index (χ1) is 7.34. The van der Waals surface area contributed by atoms with Crippen LogP contribution in [0.15, 0.2) is 18.5 Å². The predicted octanol–water partition coefficient (Wildman–Crippen LogP) is 0.630. The summed E-state index contributed by atoms with van der Waals surface area (Å²) in [5.41, 5.74) is 1.10. The van der Waals surface area contributed by atoms with E-state index in [0.29, 0.717) is 13.1 Å². The van der Waals surface area contributed by atoms with Crippen LogP contribution in [-0.2, 0) is 11.3 Å². The van der Waals surface area contributed by atoms with Crippen LogP contribution < -0.4 is 10.6 Å². The van der Waals surface area contributed by atoms with Crippen LogP contribution in [0.1, 0.15) is 18.4 Å². The van der Waals surface area contributed by atoms with E-state index in [9.17, 15) is 4.79 Å². The average Bonchev–Trinajstić information content (AvgIpc) is 2.91. The largest absolute Gasteiger partial charge is 0.367 e. The lowest BCUT2D eigenvalue weighted by atomic mass is 10.3. The summed E-state index contributed by atoms with van der Waals surface area (Å²) >= 11 is 0. The molecule has 0 spiro atoms. The number of carbonyl (C=O) groups excluding carboxylic acids is 1. The van der Waals surface area contributed by atoms with Crippen molar-refractivity contribution >= 4 is 5.91 Å². The first-order valence-electron chi connectivity index (χ1n) is 5.43. The Balaban J connectivity index is 1.55. The normalized spacial score (nSPS) is 15.2. The van der Waals surface area contributed by atoms with E-state index in [2.05, 4.69) is 15.6 Å². The van der Waals surface area contributed by atoms with Gasteiger partial charge in [0.2, 0.25) is 5.91 Å². The maximum Gasteiger partial charge on any atom is 0.234 e. The van der Waals surface area contributed by atoms with Gasteiger partial charge in [0.25, 0.3) is 0 Å². The number of nitrogens with one attached hydrogen (secondary N) is 3. The van der Waals surface area contributed by atoms with E-state index in [0.717, 1.165) is 18.0 Å². The molecule has 4 nitrogen and oxygen atoms in total. The third-order valence-electron chi connectivity index (χ3n) is 2.57. The topological polar surface area (TPSA) is 56.9 Å². The van der Waals surface area contributed by atoms with Gasteiger partial charge < -0.3 is 15.6 Å². The first-order valence-corrected chi connectivity index (χ1v) is 5.43. The molecular weight excluding hydrogens is 190 g/mol. The lowest BCUT2D eigenvalue weighted by molar-refractivity contribution is -0.120. The van der Waals surface area contributed by atoms with Gasteiger partial charge in [0.05, 0.1) is 6.54 Å². The molecule has 0 aliphatic heterocycles. The summed E-state index contributed by atoms with van der Waals surface area (Å²) in [5, 5.41) is 6.02. The molecule has 15 heavy (non-hydrogen) atoms. The third-order valence-corrected chi connectivity index (χ3v) is 2.57. The van der Waals surface area contributed by atoms with Crippen molar-refractivity contribution in [1.29, 1.82) is 0 Å². The molecule has 2 rings (SSSR count). The van der Waals surface area contributed by atoms with Crippen LogP contribution in [0.3, 0.4) is 0 Å². The molecule has 0 unspecified atom stereocenters. The Kier molecular flexibility index (Phi) is 3.40. The molecule has 1 amide bonds. The second kappa shape index (κ2) is 4.98. The van der Waals surface area contributed by atoms with Gasteiger partial charge in [-0.25, -0.2) is 0 Å². The number of aromatic nitrogens is 1. The molecule has 3 N–H and O–H groups in total. The lowest BCUT2D eigenvalue weighted by Crippen LogP contribution is -2.34. The quantitative estimate of drug-likeness (QED) is 0.641. The van der Waals surface area contributed by atoms with Crippen LogP contribution in [0.4, 0.5) is 0 Å². The van der Waals surface area contributed by atoms with Crippen LogP contribution in [0.25, 0.3) is 0 Å². The zero-order valence-corrected chi connectivity index (χ0v) is 8.75. The fraction of sp³-hybridized carbons (Fsp3) is 0.545. The van der Waals surface area contributed by atoms with Gasteiger partial charge in [0.1, 0.15) is 0 Å². The van der Waals surface area contributed by atoms with E-state index in [1.165, 1.54) is 12.8 Å². The Labute approximate surface area is 89.5 Å². The molecule has 1 aliphatic carbocycles. The maximum absolute atomic E-state index is 11.4. The number of hydrogen-bond acceptors (Lipinski definition) is 2. The number of rotatable bonds is 6. The molecule has 1 saturated carbocycles. The highest BCUT2D eigenvalue weighted by atomic mass is 16.1. The monoisotopic (exact) mass is 207 g/mol. The summed E-state index contributed by atoms with van der Waals surface area (Å²) in [4.78, 5) is 14.3. The summed E-state index contributed by atoms with van der Waals surface area (Å²) in [7, 11) is 0. The smallest absolute Gasteiger partial charge is 0.234 e. The van der Waals surface area contributed by atoms with E-state index in [1.54, 1.807) is 0 Å². The molecule has 1 aromatic rings. The number of hydrogen-bond donors (Lipinski definition) is 3. The highest BCUT2D eigenvalue weighted by Crippen LogP contribution is 2.27. The molecule has 0 bridgehead atoms. The van der Waals surface area contributed by atoms with Crippen LogP contribution >= 0.6 is 0 Å². The lowest BCUT2D eigenvalue weighted by Gasteiger charge is -2.04. The maximum atomic E-state index is 11.4. The van der Waals surface area contributed by atoms with Gasteiger partial charge in [-0.2, -0.15) is 0 Å². The van der Waals surface area contributed by atoms with E-state index < -0.39 is 0 Å². The molecule has 0 radical (unpaired) electrons. The Morgan fingerprint density at radius 1 is 1.53 bits per heavy atom. The predicted molar refractivity (Wildman–Crippen MR) is 58.2 cm³/mol. The molecule has 4 heteroatoms. The van der Waals surface area contributed by atoms with Crippen LogP contribution in [-0.4, -0.2) is 24.0 Å². The molecule has 1 fully saturated rings. The van der Waals surface area contributed by atoms with Crippen molar-refractivity contribution < 1.29 is 4.79 Å². The fourth-order valence-electron chi connectivity index (χ4n) is 1.44. The van der Waals surface area contributed by atoms with Crippen LogP contribution in [0.2, 0.25) is 0 Å². The number of amides is 1. The summed E-state index contributed by atoms with van der Waals surface area (Å²) in [6.45, 7) is 2.02.